The Hall–Kier alpha value is -1.98. The van der Waals surface area contributed by atoms with Gasteiger partial charge in [0.2, 0.25) is 0 Å². The first kappa shape index (κ1) is 17.8. The number of hydrogen-bond acceptors (Lipinski definition) is 4. The molecule has 1 saturated carbocycles. The zero-order chi connectivity index (χ0) is 18.0. The van der Waals surface area contributed by atoms with Gasteiger partial charge < -0.3 is 4.90 Å². The Kier molecular flexibility index (Phi) is 5.35. The largest absolute Gasteiger partial charge is 0.333 e. The van der Waals surface area contributed by atoms with Crippen molar-refractivity contribution in [2.45, 2.75) is 71.4 Å². The van der Waals surface area contributed by atoms with Crippen LogP contribution >= 0.6 is 0 Å². The van der Waals surface area contributed by atoms with Crippen LogP contribution in [0.1, 0.15) is 69.7 Å². The van der Waals surface area contributed by atoms with Crippen LogP contribution in [-0.4, -0.2) is 42.9 Å². The lowest BCUT2D eigenvalue weighted by molar-refractivity contribution is 0.0523. The molecule has 0 N–H and O–H groups in total. The van der Waals surface area contributed by atoms with E-state index < -0.39 is 0 Å². The minimum Gasteiger partial charge on any atom is -0.333 e. The van der Waals surface area contributed by atoms with Crippen LogP contribution in [0.4, 0.5) is 0 Å². The molecule has 0 radical (unpaired) electrons. The quantitative estimate of drug-likeness (QED) is 0.832. The van der Waals surface area contributed by atoms with Crippen LogP contribution in [0.25, 0.3) is 11.2 Å². The fraction of sp³-hybridized carbons (Fsp3) is 0.684. The van der Waals surface area contributed by atoms with Crippen LogP contribution in [0, 0.1) is 5.92 Å². The monoisotopic (exact) mass is 343 g/mol. The maximum Gasteiger partial charge on any atom is 0.255 e. The Morgan fingerprint density at radius 1 is 1.32 bits per heavy atom. The average molecular weight is 343 g/mol. The third-order valence-corrected chi connectivity index (χ3v) is 5.38. The van der Waals surface area contributed by atoms with Crippen molar-refractivity contribution >= 4 is 17.1 Å². The number of rotatable bonds is 5. The highest BCUT2D eigenvalue weighted by Gasteiger charge is 2.31. The Morgan fingerprint density at radius 3 is 2.68 bits per heavy atom. The highest BCUT2D eigenvalue weighted by Crippen LogP contribution is 2.32. The van der Waals surface area contributed by atoms with E-state index in [2.05, 4.69) is 41.0 Å². The lowest BCUT2D eigenvalue weighted by atomic mass is 9.82. The van der Waals surface area contributed by atoms with Crippen molar-refractivity contribution in [2.24, 2.45) is 13.0 Å². The van der Waals surface area contributed by atoms with Crippen LogP contribution in [0.3, 0.4) is 0 Å². The molecule has 2 aromatic heterocycles. The molecule has 2 heterocycles. The molecule has 0 unspecified atom stereocenters. The Labute approximate surface area is 149 Å². The van der Waals surface area contributed by atoms with E-state index in [9.17, 15) is 4.79 Å². The number of aromatic nitrogens is 4. The molecule has 0 bridgehead atoms. The van der Waals surface area contributed by atoms with Crippen LogP contribution in [-0.2, 0) is 7.05 Å². The van der Waals surface area contributed by atoms with E-state index in [1.807, 2.05) is 6.07 Å². The van der Waals surface area contributed by atoms with Gasteiger partial charge in [-0.15, -0.1) is 5.10 Å². The van der Waals surface area contributed by atoms with E-state index in [0.29, 0.717) is 22.8 Å². The molecule has 1 amide bonds. The molecule has 0 aliphatic heterocycles. The third kappa shape index (κ3) is 3.67. The number of fused-ring (bicyclic) bond motifs is 1. The van der Waals surface area contributed by atoms with Gasteiger partial charge in [-0.2, -0.15) is 0 Å². The molecule has 0 spiro atoms. The maximum absolute atomic E-state index is 13.2. The van der Waals surface area contributed by atoms with Gasteiger partial charge in [0.05, 0.1) is 5.56 Å². The highest BCUT2D eigenvalue weighted by molar-refractivity contribution is 5.96. The van der Waals surface area contributed by atoms with Gasteiger partial charge in [-0.25, -0.2) is 9.67 Å². The summed E-state index contributed by atoms with van der Waals surface area (Å²) in [5.41, 5.74) is 1.98. The van der Waals surface area contributed by atoms with E-state index in [0.717, 1.165) is 18.8 Å². The molecule has 0 saturated heterocycles. The number of amides is 1. The number of hydrogen-bond donors (Lipinski definition) is 0. The van der Waals surface area contributed by atoms with E-state index in [1.54, 1.807) is 17.9 Å². The molecule has 1 fully saturated rings. The minimum absolute atomic E-state index is 0.0639. The van der Waals surface area contributed by atoms with Gasteiger partial charge in [0, 0.05) is 25.3 Å². The fourth-order valence-electron chi connectivity index (χ4n) is 4.13. The second kappa shape index (κ2) is 7.50. The summed E-state index contributed by atoms with van der Waals surface area (Å²) >= 11 is 0. The molecule has 2 aromatic rings. The average Bonchev–Trinajstić information content (AvgIpc) is 2.97. The first-order valence-electron chi connectivity index (χ1n) is 9.49. The second-order valence-electron chi connectivity index (χ2n) is 7.55. The summed E-state index contributed by atoms with van der Waals surface area (Å²) in [5.74, 6) is 0.900. The number of nitrogens with zero attached hydrogens (tertiary/aromatic N) is 5. The summed E-state index contributed by atoms with van der Waals surface area (Å²) < 4.78 is 1.62. The zero-order valence-electron chi connectivity index (χ0n) is 15.8. The topological polar surface area (TPSA) is 63.9 Å². The van der Waals surface area contributed by atoms with Crippen molar-refractivity contribution < 1.29 is 4.79 Å². The molecular formula is C19H29N5O. The molecule has 1 aliphatic rings. The maximum atomic E-state index is 13.2. The van der Waals surface area contributed by atoms with Gasteiger partial charge in [0.1, 0.15) is 5.52 Å². The second-order valence-corrected chi connectivity index (χ2v) is 7.55. The predicted molar refractivity (Wildman–Crippen MR) is 98.3 cm³/mol. The van der Waals surface area contributed by atoms with Crippen molar-refractivity contribution in [2.75, 3.05) is 0 Å². The van der Waals surface area contributed by atoms with Crippen LogP contribution in [0.5, 0.6) is 0 Å². The smallest absolute Gasteiger partial charge is 0.255 e. The fourth-order valence-corrected chi connectivity index (χ4v) is 4.13. The van der Waals surface area contributed by atoms with Crippen molar-refractivity contribution in [1.82, 2.24) is 24.9 Å². The van der Waals surface area contributed by atoms with Gasteiger partial charge >= 0.3 is 0 Å². The number of carbonyl (C=O) groups is 1. The van der Waals surface area contributed by atoms with Crippen LogP contribution in [0.15, 0.2) is 12.3 Å². The van der Waals surface area contributed by atoms with E-state index in [4.69, 9.17) is 0 Å². The summed E-state index contributed by atoms with van der Waals surface area (Å²) in [4.78, 5) is 19.6. The number of carbonyl (C=O) groups excluding carboxylic acids is 1. The van der Waals surface area contributed by atoms with Gasteiger partial charge in [0.25, 0.3) is 5.91 Å². The first-order valence-corrected chi connectivity index (χ1v) is 9.49. The lowest BCUT2D eigenvalue weighted by Gasteiger charge is -2.39. The highest BCUT2D eigenvalue weighted by atomic mass is 16.2. The normalized spacial score (nSPS) is 21.0. The zero-order valence-corrected chi connectivity index (χ0v) is 15.8. The first-order chi connectivity index (χ1) is 12.0. The van der Waals surface area contributed by atoms with E-state index in [-0.39, 0.29) is 11.9 Å². The Bertz CT molecular complexity index is 730. The molecule has 1 aliphatic carbocycles. The molecule has 25 heavy (non-hydrogen) atoms. The lowest BCUT2D eigenvalue weighted by Crippen LogP contribution is -2.46. The minimum atomic E-state index is 0.0639. The van der Waals surface area contributed by atoms with Crippen molar-refractivity contribution in [3.8, 4) is 0 Å². The predicted octanol–water partition coefficient (Wildman–Crippen LogP) is 3.57. The molecule has 0 aromatic carbocycles. The summed E-state index contributed by atoms with van der Waals surface area (Å²) in [6, 6.07) is 2.33. The summed E-state index contributed by atoms with van der Waals surface area (Å²) in [7, 11) is 1.80. The number of aryl methyl sites for hydroxylation is 1. The van der Waals surface area contributed by atoms with Crippen molar-refractivity contribution in [3.63, 3.8) is 0 Å². The van der Waals surface area contributed by atoms with Crippen molar-refractivity contribution in [3.05, 3.63) is 17.8 Å². The van der Waals surface area contributed by atoms with Gasteiger partial charge in [-0.05, 0) is 51.5 Å². The standard InChI is InChI=1S/C19H29N5O/c1-5-6-14-7-9-16(10-8-14)24(13(2)3)19(25)15-11-17-18(20-12-15)23(4)22-21-17/h11-14,16H,5-10H2,1-4H3. The number of pyridine rings is 1. The Balaban J connectivity index is 1.78. The van der Waals surface area contributed by atoms with E-state index in [1.165, 1.54) is 25.7 Å². The molecule has 136 valence electrons. The summed E-state index contributed by atoms with van der Waals surface area (Å²) in [6.45, 7) is 6.46. The SMILES string of the molecule is CCCC1CCC(N(C(=O)c2cnc3c(c2)nnn3C)C(C)C)CC1. The molecule has 6 heteroatoms. The summed E-state index contributed by atoms with van der Waals surface area (Å²) in [5, 5.41) is 8.06. The molecule has 6 nitrogen and oxygen atoms in total. The van der Waals surface area contributed by atoms with Crippen molar-refractivity contribution in [1.29, 1.82) is 0 Å². The van der Waals surface area contributed by atoms with Gasteiger partial charge in [0.15, 0.2) is 5.65 Å². The molecule has 0 atom stereocenters. The van der Waals surface area contributed by atoms with Crippen LogP contribution < -0.4 is 0 Å². The summed E-state index contributed by atoms with van der Waals surface area (Å²) in [6.07, 6.45) is 8.91. The van der Waals surface area contributed by atoms with E-state index >= 15 is 0 Å². The molecular weight excluding hydrogens is 314 g/mol. The molecule has 3 rings (SSSR count). The van der Waals surface area contributed by atoms with Gasteiger partial charge in [-0.3, -0.25) is 4.79 Å². The Morgan fingerprint density at radius 2 is 2.04 bits per heavy atom. The van der Waals surface area contributed by atoms with Crippen LogP contribution in [0.2, 0.25) is 0 Å². The van der Waals surface area contributed by atoms with Gasteiger partial charge in [-0.1, -0.05) is 25.0 Å². The third-order valence-electron chi connectivity index (χ3n) is 5.38.